The number of thiazole rings is 1. The number of sulfonamides is 1. The number of benzene rings is 1. The molecule has 1 aliphatic heterocycles. The maximum Gasteiger partial charge on any atom is 0.404 e. The minimum atomic E-state index is -4.86. The molecule has 2 N–H and O–H groups in total. The van der Waals surface area contributed by atoms with Gasteiger partial charge in [-0.3, -0.25) is 4.79 Å². The van der Waals surface area contributed by atoms with Gasteiger partial charge in [0.25, 0.3) is 5.91 Å². The Kier molecular flexibility index (Phi) is 8.01. The average molecular weight is 578 g/mol. The summed E-state index contributed by atoms with van der Waals surface area (Å²) < 4.78 is 78.4. The molecule has 192 valence electrons. The second kappa shape index (κ2) is 10.2. The fourth-order valence-electron chi connectivity index (χ4n) is 3.22. The lowest BCUT2D eigenvalue weighted by Crippen LogP contribution is -2.43. The number of carboxylic acid groups (broad SMARTS) is 1. The highest BCUT2D eigenvalue weighted by Gasteiger charge is 2.39. The molecule has 1 amide bonds. The van der Waals surface area contributed by atoms with Crippen LogP contribution >= 0.6 is 34.5 Å². The van der Waals surface area contributed by atoms with Crippen molar-refractivity contribution < 1.29 is 40.7 Å². The van der Waals surface area contributed by atoms with E-state index in [2.05, 4.69) is 4.98 Å². The van der Waals surface area contributed by atoms with Gasteiger partial charge >= 0.3 is 12.1 Å². The molecule has 8 nitrogen and oxygen atoms in total. The number of carboxylic acids is 1. The fourth-order valence-corrected chi connectivity index (χ4v) is 6.30. The number of aromatic nitrogens is 1. The fraction of sp³-hybridized carbons (Fsp3) is 0.421. The molecule has 1 aliphatic rings. The van der Waals surface area contributed by atoms with Crippen LogP contribution in [0.4, 0.5) is 17.6 Å². The van der Waals surface area contributed by atoms with Crippen molar-refractivity contribution in [3.8, 4) is 10.4 Å². The van der Waals surface area contributed by atoms with Crippen molar-refractivity contribution in [2.75, 3.05) is 13.1 Å². The zero-order valence-corrected chi connectivity index (χ0v) is 20.8. The van der Waals surface area contributed by atoms with Crippen LogP contribution in [0, 0.1) is 0 Å². The van der Waals surface area contributed by atoms with Crippen molar-refractivity contribution >= 4 is 56.4 Å². The van der Waals surface area contributed by atoms with Crippen LogP contribution in [0.1, 0.15) is 40.1 Å². The first-order valence-electron chi connectivity index (χ1n) is 9.88. The molecule has 1 saturated heterocycles. The quantitative estimate of drug-likeness (QED) is 0.484. The molecule has 0 radical (unpaired) electrons. The number of likely N-dealkylation sites (tertiary alicyclic amines) is 1. The van der Waals surface area contributed by atoms with Gasteiger partial charge in [0.1, 0.15) is 22.8 Å². The van der Waals surface area contributed by atoms with E-state index < -0.39 is 60.2 Å². The van der Waals surface area contributed by atoms with Crippen LogP contribution in [0.3, 0.4) is 0 Å². The molecule has 2 heterocycles. The number of piperidine rings is 1. The minimum Gasteiger partial charge on any atom is -0.476 e. The molecule has 0 aliphatic carbocycles. The second-order valence-corrected chi connectivity index (χ2v) is 11.0. The van der Waals surface area contributed by atoms with E-state index in [0.717, 1.165) is 12.1 Å². The summed E-state index contributed by atoms with van der Waals surface area (Å²) in [4.78, 5) is 28.9. The van der Waals surface area contributed by atoms with Crippen LogP contribution in [0.25, 0.3) is 10.4 Å². The summed E-state index contributed by atoms with van der Waals surface area (Å²) in [5.41, 5.74) is -0.352. The van der Waals surface area contributed by atoms with Gasteiger partial charge in [-0.2, -0.15) is 17.9 Å². The van der Waals surface area contributed by atoms with Crippen LogP contribution in [0.2, 0.25) is 10.0 Å². The summed E-state index contributed by atoms with van der Waals surface area (Å²) in [6, 6.07) is -0.442. The van der Waals surface area contributed by atoms with Gasteiger partial charge in [0, 0.05) is 18.7 Å². The van der Waals surface area contributed by atoms with Crippen molar-refractivity contribution in [1.82, 2.24) is 14.6 Å². The van der Waals surface area contributed by atoms with Gasteiger partial charge < -0.3 is 10.0 Å². The highest BCUT2D eigenvalue weighted by atomic mass is 35.5. The number of carbonyl (C=O) groups excluding carboxylic acids is 1. The largest absolute Gasteiger partial charge is 0.476 e. The van der Waals surface area contributed by atoms with E-state index in [0.29, 0.717) is 18.3 Å². The summed E-state index contributed by atoms with van der Waals surface area (Å²) in [7, 11) is -4.76. The molecule has 1 aromatic carbocycles. The molecule has 0 spiro atoms. The summed E-state index contributed by atoms with van der Waals surface area (Å²) in [6.45, 7) is 0.762. The number of carbonyl (C=O) groups is 2. The van der Waals surface area contributed by atoms with Gasteiger partial charge in [0.05, 0.1) is 14.9 Å². The smallest absolute Gasteiger partial charge is 0.404 e. The van der Waals surface area contributed by atoms with E-state index >= 15 is 0 Å². The lowest BCUT2D eigenvalue weighted by Gasteiger charge is -2.28. The van der Waals surface area contributed by atoms with Gasteiger partial charge in [0.15, 0.2) is 0 Å². The SMILES string of the molecule is C[C@H](NS(=O)(=O)c1ccc(-c2sc(C(=O)O)nc2C(=O)N2CCC(F)CC2)c(Cl)c1Cl)C(F)(F)F. The zero-order chi connectivity index (χ0) is 26.3. The molecule has 1 atom stereocenters. The lowest BCUT2D eigenvalue weighted by molar-refractivity contribution is -0.147. The maximum atomic E-state index is 13.5. The molecular formula is C19H17Cl2F4N3O5S2. The van der Waals surface area contributed by atoms with E-state index in [9.17, 15) is 40.7 Å². The van der Waals surface area contributed by atoms with Crippen molar-refractivity contribution in [1.29, 1.82) is 0 Å². The molecule has 3 rings (SSSR count). The molecule has 0 saturated carbocycles. The van der Waals surface area contributed by atoms with E-state index in [4.69, 9.17) is 23.2 Å². The number of hydrogen-bond acceptors (Lipinski definition) is 6. The van der Waals surface area contributed by atoms with Gasteiger partial charge in [0.2, 0.25) is 15.0 Å². The summed E-state index contributed by atoms with van der Waals surface area (Å²) >= 11 is 12.9. The first kappa shape index (κ1) is 27.6. The number of aromatic carboxylic acids is 1. The van der Waals surface area contributed by atoms with Crippen molar-refractivity contribution in [3.63, 3.8) is 0 Å². The Morgan fingerprint density at radius 1 is 1.23 bits per heavy atom. The molecular weight excluding hydrogens is 561 g/mol. The molecule has 0 unspecified atom stereocenters. The Labute approximate surface area is 210 Å². The number of amides is 1. The van der Waals surface area contributed by atoms with Gasteiger partial charge in [-0.05, 0) is 25.8 Å². The normalized spacial score (nSPS) is 16.4. The molecule has 0 bridgehead atoms. The van der Waals surface area contributed by atoms with Crippen LogP contribution in [-0.2, 0) is 10.0 Å². The Morgan fingerprint density at radius 3 is 2.37 bits per heavy atom. The van der Waals surface area contributed by atoms with Crippen LogP contribution < -0.4 is 4.72 Å². The number of hydrogen-bond donors (Lipinski definition) is 2. The standard InChI is InChI=1S/C19H17Cl2F4N3O5S2/c1-8(19(23,24)25)27-35(32,33)11-3-2-10(12(20)13(11)21)15-14(26-16(34-15)18(30)31)17(29)28-6-4-9(22)5-7-28/h2-3,8-9,27H,4-7H2,1H3,(H,30,31)/t8-/m0/s1. The van der Waals surface area contributed by atoms with Crippen LogP contribution in [-0.4, -0.2) is 66.8 Å². The minimum absolute atomic E-state index is 0.0396. The number of halogens is 6. The Morgan fingerprint density at radius 2 is 1.83 bits per heavy atom. The summed E-state index contributed by atoms with van der Waals surface area (Å²) in [6.07, 6.45) is -5.73. The number of alkyl halides is 4. The number of rotatable bonds is 6. The Bertz CT molecular complexity index is 1260. The van der Waals surface area contributed by atoms with Gasteiger partial charge in [-0.15, -0.1) is 11.3 Å². The maximum absolute atomic E-state index is 13.5. The van der Waals surface area contributed by atoms with Crippen LogP contribution in [0.15, 0.2) is 17.0 Å². The third kappa shape index (κ3) is 5.88. The third-order valence-electron chi connectivity index (χ3n) is 5.13. The zero-order valence-electron chi connectivity index (χ0n) is 17.7. The second-order valence-electron chi connectivity index (χ2n) is 7.59. The van der Waals surface area contributed by atoms with Gasteiger partial charge in [-0.1, -0.05) is 29.3 Å². The first-order valence-corrected chi connectivity index (χ1v) is 12.9. The van der Waals surface area contributed by atoms with E-state index in [1.54, 1.807) is 0 Å². The predicted octanol–water partition coefficient (Wildman–Crippen LogP) is 4.62. The Hall–Kier alpha value is -2.00. The molecule has 1 aromatic heterocycles. The lowest BCUT2D eigenvalue weighted by atomic mass is 10.1. The molecule has 1 fully saturated rings. The van der Waals surface area contributed by atoms with Crippen molar-refractivity contribution in [2.24, 2.45) is 0 Å². The first-order chi connectivity index (χ1) is 16.1. The third-order valence-corrected chi connectivity index (χ3v) is 8.78. The molecule has 2 aromatic rings. The predicted molar refractivity (Wildman–Crippen MR) is 120 cm³/mol. The molecule has 35 heavy (non-hydrogen) atoms. The molecule has 16 heteroatoms. The van der Waals surface area contributed by atoms with Crippen LogP contribution in [0.5, 0.6) is 0 Å². The van der Waals surface area contributed by atoms with E-state index in [1.165, 1.54) is 9.62 Å². The number of nitrogens with one attached hydrogen (secondary N) is 1. The van der Waals surface area contributed by atoms with Gasteiger partial charge in [-0.25, -0.2) is 22.6 Å². The van der Waals surface area contributed by atoms with E-state index in [-0.39, 0.29) is 42.1 Å². The average Bonchev–Trinajstić information content (AvgIpc) is 3.20. The number of nitrogens with zero attached hydrogens (tertiary/aromatic N) is 2. The summed E-state index contributed by atoms with van der Waals surface area (Å²) in [5.74, 6) is -2.12. The highest BCUT2D eigenvalue weighted by molar-refractivity contribution is 7.89. The highest BCUT2D eigenvalue weighted by Crippen LogP contribution is 2.42. The van der Waals surface area contributed by atoms with Crippen molar-refractivity contribution in [3.05, 3.63) is 32.9 Å². The monoisotopic (exact) mass is 577 g/mol. The Balaban J connectivity index is 2.05. The summed E-state index contributed by atoms with van der Waals surface area (Å²) in [5, 5.41) is 7.82. The van der Waals surface area contributed by atoms with Crippen molar-refractivity contribution in [2.45, 2.75) is 43.1 Å². The van der Waals surface area contributed by atoms with E-state index in [1.807, 2.05) is 0 Å². The topological polar surface area (TPSA) is 117 Å².